The molecule has 1 N–H and O–H groups in total. The van der Waals surface area contributed by atoms with E-state index >= 15 is 0 Å². The van der Waals surface area contributed by atoms with Gasteiger partial charge in [0.1, 0.15) is 5.75 Å². The van der Waals surface area contributed by atoms with Crippen molar-refractivity contribution in [1.82, 2.24) is 4.98 Å². The highest BCUT2D eigenvalue weighted by atomic mass is 35.5. The Balaban J connectivity index is 1.68. The third-order valence-electron chi connectivity index (χ3n) is 3.00. The van der Waals surface area contributed by atoms with Crippen LogP contribution < -0.4 is 5.32 Å². The van der Waals surface area contributed by atoms with Crippen LogP contribution in [0.25, 0.3) is 10.6 Å². The number of thiazole rings is 1. The van der Waals surface area contributed by atoms with Gasteiger partial charge in [0, 0.05) is 5.38 Å². The number of anilines is 1. The molecule has 24 heavy (non-hydrogen) atoms. The highest BCUT2D eigenvalue weighted by Gasteiger charge is 2.20. The number of carbonyl (C=O) groups is 1. The quantitative estimate of drug-likeness (QED) is 0.706. The van der Waals surface area contributed by atoms with E-state index in [0.717, 1.165) is 4.88 Å². The third kappa shape index (κ3) is 4.02. The lowest BCUT2D eigenvalue weighted by Crippen LogP contribution is -2.22. The lowest BCUT2D eigenvalue weighted by molar-refractivity contribution is -0.113. The van der Waals surface area contributed by atoms with E-state index in [9.17, 15) is 13.2 Å². The molecule has 0 aliphatic rings. The fourth-order valence-corrected chi connectivity index (χ4v) is 4.90. The van der Waals surface area contributed by atoms with Crippen molar-refractivity contribution in [2.45, 2.75) is 4.90 Å². The smallest absolute Gasteiger partial charge is 0.241 e. The number of nitrogens with one attached hydrogen (secondary N) is 1. The van der Waals surface area contributed by atoms with Crippen LogP contribution in [0.15, 0.2) is 52.7 Å². The second-order valence-electron chi connectivity index (χ2n) is 4.76. The second-order valence-corrected chi connectivity index (χ2v) is 9.32. The predicted molar refractivity (Wildman–Crippen MR) is 97.6 cm³/mol. The molecule has 3 aromatic rings. The number of halogens is 1. The zero-order chi connectivity index (χ0) is 17.2. The van der Waals surface area contributed by atoms with Crippen LogP contribution in [0, 0.1) is 0 Å². The highest BCUT2D eigenvalue weighted by molar-refractivity contribution is 7.92. The van der Waals surface area contributed by atoms with Gasteiger partial charge in [-0.1, -0.05) is 29.8 Å². The molecule has 0 bridgehead atoms. The average molecular weight is 399 g/mol. The fourth-order valence-electron chi connectivity index (χ4n) is 1.94. The molecule has 5 nitrogen and oxygen atoms in total. The van der Waals surface area contributed by atoms with E-state index in [1.807, 2.05) is 6.07 Å². The van der Waals surface area contributed by atoms with Crippen molar-refractivity contribution < 1.29 is 13.2 Å². The molecule has 124 valence electrons. The molecular formula is C15H11ClN2O3S3. The summed E-state index contributed by atoms with van der Waals surface area (Å²) in [6, 6.07) is 11.5. The highest BCUT2D eigenvalue weighted by Crippen LogP contribution is 2.32. The van der Waals surface area contributed by atoms with E-state index in [1.165, 1.54) is 34.8 Å². The van der Waals surface area contributed by atoms with Gasteiger partial charge in [0.05, 0.1) is 19.8 Å². The Hall–Kier alpha value is -1.74. The van der Waals surface area contributed by atoms with Crippen molar-refractivity contribution in [3.05, 3.63) is 52.2 Å². The molecule has 1 amide bonds. The monoisotopic (exact) mass is 398 g/mol. The lowest BCUT2D eigenvalue weighted by Gasteiger charge is -2.04. The van der Waals surface area contributed by atoms with Crippen molar-refractivity contribution in [2.75, 3.05) is 11.1 Å². The summed E-state index contributed by atoms with van der Waals surface area (Å²) >= 11 is 8.50. The van der Waals surface area contributed by atoms with Gasteiger partial charge in [0.25, 0.3) is 0 Å². The van der Waals surface area contributed by atoms with Crippen LogP contribution in [0.3, 0.4) is 0 Å². The molecule has 0 saturated carbocycles. The summed E-state index contributed by atoms with van der Waals surface area (Å²) in [6.07, 6.45) is 0. The summed E-state index contributed by atoms with van der Waals surface area (Å²) in [7, 11) is -3.67. The fraction of sp³-hybridized carbons (Fsp3) is 0.0667. The van der Waals surface area contributed by atoms with Gasteiger partial charge in [0.2, 0.25) is 5.91 Å². The number of carbonyl (C=O) groups excluding carboxylic acids is 1. The molecule has 0 spiro atoms. The minimum absolute atomic E-state index is 0.119. The van der Waals surface area contributed by atoms with Gasteiger partial charge in [-0.3, -0.25) is 4.79 Å². The molecule has 0 fully saturated rings. The third-order valence-corrected chi connectivity index (χ3v) is 6.64. The minimum atomic E-state index is -3.67. The summed E-state index contributed by atoms with van der Waals surface area (Å²) in [5.74, 6) is -1.25. The number of nitrogens with zero attached hydrogens (tertiary/aromatic N) is 1. The largest absolute Gasteiger partial charge is 0.301 e. The number of amides is 1. The summed E-state index contributed by atoms with van der Waals surface area (Å²) < 4.78 is 25.0. The van der Waals surface area contributed by atoms with Gasteiger partial charge >= 0.3 is 0 Å². The normalized spacial score (nSPS) is 11.4. The van der Waals surface area contributed by atoms with Gasteiger partial charge in [0.15, 0.2) is 15.0 Å². The molecule has 0 saturated heterocycles. The van der Waals surface area contributed by atoms with E-state index < -0.39 is 21.5 Å². The summed E-state index contributed by atoms with van der Waals surface area (Å²) in [5.41, 5.74) is 0.693. The number of hydrogen-bond acceptors (Lipinski definition) is 6. The molecule has 9 heteroatoms. The number of rotatable bonds is 5. The van der Waals surface area contributed by atoms with Crippen LogP contribution in [0.5, 0.6) is 0 Å². The molecule has 0 aliphatic carbocycles. The summed E-state index contributed by atoms with van der Waals surface area (Å²) in [4.78, 5) is 17.3. The Bertz CT molecular complexity index is 965. The van der Waals surface area contributed by atoms with Crippen LogP contribution in [0.4, 0.5) is 5.13 Å². The van der Waals surface area contributed by atoms with Gasteiger partial charge in [-0.2, -0.15) is 0 Å². The van der Waals surface area contributed by atoms with E-state index in [-0.39, 0.29) is 4.90 Å². The second kappa shape index (κ2) is 7.02. The van der Waals surface area contributed by atoms with Crippen molar-refractivity contribution in [3.63, 3.8) is 0 Å². The van der Waals surface area contributed by atoms with E-state index in [1.54, 1.807) is 29.6 Å². The Morgan fingerprint density at radius 1 is 1.17 bits per heavy atom. The van der Waals surface area contributed by atoms with Crippen molar-refractivity contribution in [1.29, 1.82) is 0 Å². The molecule has 0 atom stereocenters. The maximum Gasteiger partial charge on any atom is 0.241 e. The molecule has 0 unspecified atom stereocenters. The standard InChI is InChI=1S/C15H11ClN2O3S3/c16-13-7-6-12(23-13)11-8-22-15(17-11)18-14(19)9-24(20,21)10-4-2-1-3-5-10/h1-8H,9H2,(H,17,18,19). The van der Waals surface area contributed by atoms with Crippen molar-refractivity contribution in [3.8, 4) is 10.6 Å². The molecule has 0 aliphatic heterocycles. The predicted octanol–water partition coefficient (Wildman–Crippen LogP) is 3.94. The Morgan fingerprint density at radius 3 is 2.58 bits per heavy atom. The topological polar surface area (TPSA) is 76.1 Å². The van der Waals surface area contributed by atoms with Crippen LogP contribution in [-0.2, 0) is 14.6 Å². The Labute approximate surface area is 151 Å². The van der Waals surface area contributed by atoms with Gasteiger partial charge in [-0.15, -0.1) is 22.7 Å². The Morgan fingerprint density at radius 2 is 1.92 bits per heavy atom. The zero-order valence-electron chi connectivity index (χ0n) is 12.1. The molecule has 2 aromatic heterocycles. The number of benzene rings is 1. The maximum absolute atomic E-state index is 12.2. The van der Waals surface area contributed by atoms with Crippen molar-refractivity contribution >= 4 is 55.2 Å². The van der Waals surface area contributed by atoms with Crippen LogP contribution in [0.1, 0.15) is 0 Å². The SMILES string of the molecule is O=C(CS(=O)(=O)c1ccccc1)Nc1nc(-c2ccc(Cl)s2)cs1. The Kier molecular flexibility index (Phi) is 5.00. The maximum atomic E-state index is 12.2. The van der Waals surface area contributed by atoms with Crippen LogP contribution >= 0.6 is 34.3 Å². The number of sulfone groups is 1. The molecule has 0 radical (unpaired) electrons. The van der Waals surface area contributed by atoms with E-state index in [0.29, 0.717) is 15.2 Å². The molecule has 1 aromatic carbocycles. The van der Waals surface area contributed by atoms with Crippen LogP contribution in [0.2, 0.25) is 4.34 Å². The first-order valence-corrected chi connectivity index (χ1v) is 10.5. The molecule has 3 rings (SSSR count). The van der Waals surface area contributed by atoms with Crippen molar-refractivity contribution in [2.24, 2.45) is 0 Å². The number of hydrogen-bond donors (Lipinski definition) is 1. The number of thiophene rings is 1. The van der Waals surface area contributed by atoms with Gasteiger partial charge in [-0.05, 0) is 24.3 Å². The number of aromatic nitrogens is 1. The van der Waals surface area contributed by atoms with Gasteiger partial charge < -0.3 is 5.32 Å². The van der Waals surface area contributed by atoms with Gasteiger partial charge in [-0.25, -0.2) is 13.4 Å². The first kappa shape index (κ1) is 17.1. The first-order valence-electron chi connectivity index (χ1n) is 6.73. The molecular weight excluding hydrogens is 388 g/mol. The molecule has 2 heterocycles. The summed E-state index contributed by atoms with van der Waals surface area (Å²) in [6.45, 7) is 0. The van der Waals surface area contributed by atoms with E-state index in [2.05, 4.69) is 10.3 Å². The van der Waals surface area contributed by atoms with Crippen LogP contribution in [-0.4, -0.2) is 25.1 Å². The van der Waals surface area contributed by atoms with E-state index in [4.69, 9.17) is 11.6 Å². The summed E-state index contributed by atoms with van der Waals surface area (Å²) in [5, 5.41) is 4.66. The average Bonchev–Trinajstić information content (AvgIpc) is 3.16. The zero-order valence-corrected chi connectivity index (χ0v) is 15.3. The lowest BCUT2D eigenvalue weighted by atomic mass is 10.4. The first-order chi connectivity index (χ1) is 11.4. The minimum Gasteiger partial charge on any atom is -0.301 e.